The average molecular weight is 279 g/mol. The van der Waals surface area contributed by atoms with Crippen LogP contribution in [0.1, 0.15) is 55.2 Å². The van der Waals surface area contributed by atoms with Crippen molar-refractivity contribution in [2.75, 3.05) is 13.6 Å². The third-order valence-corrected chi connectivity index (χ3v) is 4.32. The molecule has 0 amide bonds. The molecule has 0 bridgehead atoms. The maximum Gasteiger partial charge on any atom is 0.358 e. The van der Waals surface area contributed by atoms with Crippen molar-refractivity contribution < 1.29 is 14.6 Å². The standard InChI is InChI=1S/C14H21N3O3/c1-16-8-4-7-12(16)17-13(14(18)19)11(9-15-17)20-10-5-2-3-6-10/h9-10,12H,2-8H2,1H3,(H,18,19). The van der Waals surface area contributed by atoms with Gasteiger partial charge in [0.1, 0.15) is 6.17 Å². The Bertz CT molecular complexity index is 494. The molecule has 0 aromatic carbocycles. The van der Waals surface area contributed by atoms with E-state index in [1.54, 1.807) is 10.9 Å². The molecule has 0 spiro atoms. The van der Waals surface area contributed by atoms with E-state index in [2.05, 4.69) is 10.00 Å². The van der Waals surface area contributed by atoms with Crippen LogP contribution in [0.25, 0.3) is 0 Å². The van der Waals surface area contributed by atoms with Crippen LogP contribution in [-0.2, 0) is 0 Å². The molecule has 1 aromatic rings. The molecule has 1 atom stereocenters. The Balaban J connectivity index is 1.87. The minimum Gasteiger partial charge on any atom is -0.486 e. The molecule has 1 aliphatic carbocycles. The van der Waals surface area contributed by atoms with Crippen molar-refractivity contribution in [3.8, 4) is 5.75 Å². The number of aromatic nitrogens is 2. The Kier molecular flexibility index (Phi) is 3.65. The van der Waals surface area contributed by atoms with Crippen LogP contribution in [0.4, 0.5) is 0 Å². The number of nitrogens with zero attached hydrogens (tertiary/aromatic N) is 3. The molecule has 2 heterocycles. The number of carboxylic acid groups (broad SMARTS) is 1. The minimum absolute atomic E-state index is 0.0297. The van der Waals surface area contributed by atoms with Gasteiger partial charge < -0.3 is 9.84 Å². The Labute approximate surface area is 118 Å². The number of carbonyl (C=O) groups is 1. The lowest BCUT2D eigenvalue weighted by Gasteiger charge is -2.21. The van der Waals surface area contributed by atoms with E-state index >= 15 is 0 Å². The summed E-state index contributed by atoms with van der Waals surface area (Å²) in [4.78, 5) is 13.7. The molecule has 1 saturated carbocycles. The summed E-state index contributed by atoms with van der Waals surface area (Å²) in [6, 6.07) is 0. The van der Waals surface area contributed by atoms with Crippen LogP contribution in [-0.4, -0.2) is 45.5 Å². The predicted octanol–water partition coefficient (Wildman–Crippen LogP) is 2.13. The van der Waals surface area contributed by atoms with Crippen molar-refractivity contribution in [3.05, 3.63) is 11.9 Å². The second kappa shape index (κ2) is 5.44. The van der Waals surface area contributed by atoms with E-state index in [-0.39, 0.29) is 18.0 Å². The average Bonchev–Trinajstić information content (AvgIpc) is 3.10. The van der Waals surface area contributed by atoms with Crippen molar-refractivity contribution in [2.24, 2.45) is 0 Å². The molecule has 1 unspecified atom stereocenters. The topological polar surface area (TPSA) is 67.6 Å². The Morgan fingerprint density at radius 1 is 1.35 bits per heavy atom. The molecule has 6 heteroatoms. The number of ether oxygens (including phenoxy) is 1. The summed E-state index contributed by atoms with van der Waals surface area (Å²) in [5.74, 6) is -0.541. The molecule has 1 saturated heterocycles. The third-order valence-electron chi connectivity index (χ3n) is 4.32. The first-order chi connectivity index (χ1) is 9.66. The van der Waals surface area contributed by atoms with Crippen LogP contribution in [0.3, 0.4) is 0 Å². The quantitative estimate of drug-likeness (QED) is 0.914. The zero-order valence-electron chi connectivity index (χ0n) is 11.8. The molecule has 6 nitrogen and oxygen atoms in total. The van der Waals surface area contributed by atoms with Gasteiger partial charge in [0.15, 0.2) is 11.4 Å². The fourth-order valence-corrected chi connectivity index (χ4v) is 3.25. The number of hydrogen-bond acceptors (Lipinski definition) is 4. The number of aromatic carboxylic acids is 1. The SMILES string of the molecule is CN1CCCC1n1ncc(OC2CCCC2)c1C(=O)O. The van der Waals surface area contributed by atoms with Gasteiger partial charge >= 0.3 is 5.97 Å². The zero-order chi connectivity index (χ0) is 14.1. The molecule has 110 valence electrons. The van der Waals surface area contributed by atoms with Crippen LogP contribution in [0.5, 0.6) is 5.75 Å². The first-order valence-electron chi connectivity index (χ1n) is 7.34. The van der Waals surface area contributed by atoms with Crippen LogP contribution in [0.2, 0.25) is 0 Å². The van der Waals surface area contributed by atoms with E-state index in [4.69, 9.17) is 4.74 Å². The molecule has 20 heavy (non-hydrogen) atoms. The van der Waals surface area contributed by atoms with Crippen molar-refractivity contribution in [1.82, 2.24) is 14.7 Å². The molecule has 3 rings (SSSR count). The summed E-state index contributed by atoms with van der Waals surface area (Å²) in [5.41, 5.74) is 0.190. The lowest BCUT2D eigenvalue weighted by Crippen LogP contribution is -2.27. The summed E-state index contributed by atoms with van der Waals surface area (Å²) in [5, 5.41) is 13.8. The summed E-state index contributed by atoms with van der Waals surface area (Å²) in [6.07, 6.45) is 8.07. The molecule has 1 aromatic heterocycles. The lowest BCUT2D eigenvalue weighted by atomic mass is 10.3. The highest BCUT2D eigenvalue weighted by Crippen LogP contribution is 2.31. The Hall–Kier alpha value is -1.56. The van der Waals surface area contributed by atoms with Gasteiger partial charge in [0.25, 0.3) is 0 Å². The molecular weight excluding hydrogens is 258 g/mol. The maximum absolute atomic E-state index is 11.6. The monoisotopic (exact) mass is 279 g/mol. The van der Waals surface area contributed by atoms with Gasteiger partial charge in [-0.15, -0.1) is 0 Å². The third kappa shape index (κ3) is 2.40. The molecule has 1 N–H and O–H groups in total. The zero-order valence-corrected chi connectivity index (χ0v) is 11.8. The van der Waals surface area contributed by atoms with Gasteiger partial charge in [-0.05, 0) is 52.1 Å². The van der Waals surface area contributed by atoms with Gasteiger partial charge in [-0.2, -0.15) is 5.10 Å². The van der Waals surface area contributed by atoms with Gasteiger partial charge in [0, 0.05) is 0 Å². The summed E-state index contributed by atoms with van der Waals surface area (Å²) in [7, 11) is 2.00. The number of likely N-dealkylation sites (tertiary alicyclic amines) is 1. The lowest BCUT2D eigenvalue weighted by molar-refractivity contribution is 0.0662. The van der Waals surface area contributed by atoms with Crippen molar-refractivity contribution in [3.63, 3.8) is 0 Å². The van der Waals surface area contributed by atoms with Gasteiger partial charge in [0.05, 0.1) is 12.3 Å². The number of carboxylic acids is 1. The highest BCUT2D eigenvalue weighted by molar-refractivity contribution is 5.88. The Morgan fingerprint density at radius 3 is 2.70 bits per heavy atom. The predicted molar refractivity (Wildman–Crippen MR) is 73.0 cm³/mol. The Morgan fingerprint density at radius 2 is 2.10 bits per heavy atom. The van der Waals surface area contributed by atoms with Crippen molar-refractivity contribution in [2.45, 2.75) is 50.8 Å². The maximum atomic E-state index is 11.6. The second-order valence-corrected chi connectivity index (χ2v) is 5.73. The smallest absolute Gasteiger partial charge is 0.358 e. The minimum atomic E-state index is -0.962. The van der Waals surface area contributed by atoms with E-state index < -0.39 is 5.97 Å². The number of hydrogen-bond donors (Lipinski definition) is 1. The highest BCUT2D eigenvalue weighted by atomic mass is 16.5. The second-order valence-electron chi connectivity index (χ2n) is 5.73. The molecule has 2 aliphatic rings. The fraction of sp³-hybridized carbons (Fsp3) is 0.714. The van der Waals surface area contributed by atoms with Crippen LogP contribution < -0.4 is 4.74 Å². The van der Waals surface area contributed by atoms with Crippen LogP contribution >= 0.6 is 0 Å². The first kappa shape index (κ1) is 13.4. The van der Waals surface area contributed by atoms with Gasteiger partial charge in [-0.25, -0.2) is 9.48 Å². The van der Waals surface area contributed by atoms with E-state index in [0.717, 1.165) is 45.1 Å². The number of rotatable bonds is 4. The molecule has 0 radical (unpaired) electrons. The molecule has 1 aliphatic heterocycles. The van der Waals surface area contributed by atoms with Gasteiger partial charge in [0.2, 0.25) is 0 Å². The normalized spacial score (nSPS) is 24.4. The van der Waals surface area contributed by atoms with Crippen LogP contribution in [0, 0.1) is 0 Å². The highest BCUT2D eigenvalue weighted by Gasteiger charge is 2.31. The van der Waals surface area contributed by atoms with Crippen molar-refractivity contribution in [1.29, 1.82) is 0 Å². The van der Waals surface area contributed by atoms with E-state index in [1.165, 1.54) is 0 Å². The molecule has 2 fully saturated rings. The molecular formula is C14H21N3O3. The van der Waals surface area contributed by atoms with Gasteiger partial charge in [-0.3, -0.25) is 4.90 Å². The largest absolute Gasteiger partial charge is 0.486 e. The summed E-state index contributed by atoms with van der Waals surface area (Å²) >= 11 is 0. The first-order valence-corrected chi connectivity index (χ1v) is 7.34. The van der Waals surface area contributed by atoms with E-state index in [9.17, 15) is 9.90 Å². The van der Waals surface area contributed by atoms with E-state index in [0.29, 0.717) is 5.75 Å². The van der Waals surface area contributed by atoms with E-state index in [1.807, 2.05) is 7.05 Å². The summed E-state index contributed by atoms with van der Waals surface area (Å²) < 4.78 is 7.47. The van der Waals surface area contributed by atoms with Crippen molar-refractivity contribution >= 4 is 5.97 Å². The summed E-state index contributed by atoms with van der Waals surface area (Å²) in [6.45, 7) is 0.975. The fourth-order valence-electron chi connectivity index (χ4n) is 3.25. The van der Waals surface area contributed by atoms with Crippen LogP contribution in [0.15, 0.2) is 6.20 Å². The van der Waals surface area contributed by atoms with Gasteiger partial charge in [-0.1, -0.05) is 0 Å².